The molecule has 0 aliphatic carbocycles. The highest BCUT2D eigenvalue weighted by atomic mass is 19.4. The monoisotopic (exact) mass is 286 g/mol. The van der Waals surface area contributed by atoms with Crippen LogP contribution in [0.4, 0.5) is 13.2 Å². The summed E-state index contributed by atoms with van der Waals surface area (Å²) in [4.78, 5) is 14.5. The van der Waals surface area contributed by atoms with Crippen molar-refractivity contribution in [3.8, 4) is 11.4 Å². The van der Waals surface area contributed by atoms with E-state index in [0.29, 0.717) is 5.56 Å². The minimum Gasteiger partial charge on any atom is -0.478 e. The fraction of sp³-hybridized carbons (Fsp3) is 0.250. The molecule has 0 unspecified atom stereocenters. The molecule has 1 aromatic carbocycles. The van der Waals surface area contributed by atoms with Crippen LogP contribution >= 0.6 is 0 Å². The quantitative estimate of drug-likeness (QED) is 0.935. The normalized spacial score (nSPS) is 11.6. The van der Waals surface area contributed by atoms with Crippen LogP contribution in [0, 0.1) is 0 Å². The maximum Gasteiger partial charge on any atom is 0.389 e. The third-order valence-electron chi connectivity index (χ3n) is 2.48. The van der Waals surface area contributed by atoms with Gasteiger partial charge >= 0.3 is 12.1 Å². The molecular formula is C12H9F3N2O3. The second kappa shape index (κ2) is 5.32. The molecule has 106 valence electrons. The van der Waals surface area contributed by atoms with Gasteiger partial charge in [-0.25, -0.2) is 4.79 Å². The van der Waals surface area contributed by atoms with E-state index >= 15 is 0 Å². The highest BCUT2D eigenvalue weighted by Gasteiger charge is 2.27. The zero-order valence-electron chi connectivity index (χ0n) is 10.0. The maximum absolute atomic E-state index is 12.0. The first-order chi connectivity index (χ1) is 9.35. The average Bonchev–Trinajstić information content (AvgIpc) is 2.84. The van der Waals surface area contributed by atoms with E-state index in [-0.39, 0.29) is 23.7 Å². The average molecular weight is 286 g/mol. The molecule has 1 heterocycles. The first-order valence-electron chi connectivity index (χ1n) is 5.58. The highest BCUT2D eigenvalue weighted by Crippen LogP contribution is 2.23. The van der Waals surface area contributed by atoms with Gasteiger partial charge in [-0.05, 0) is 12.1 Å². The summed E-state index contributed by atoms with van der Waals surface area (Å²) in [6.45, 7) is 0. The van der Waals surface area contributed by atoms with Gasteiger partial charge < -0.3 is 9.63 Å². The number of halogens is 3. The van der Waals surface area contributed by atoms with Crippen LogP contribution in [-0.4, -0.2) is 27.4 Å². The summed E-state index contributed by atoms with van der Waals surface area (Å²) in [5, 5.41) is 12.3. The van der Waals surface area contributed by atoms with E-state index in [1.54, 1.807) is 0 Å². The van der Waals surface area contributed by atoms with E-state index in [9.17, 15) is 18.0 Å². The number of aromatic nitrogens is 2. The molecule has 1 N–H and O–H groups in total. The standard InChI is InChI=1S/C12H9F3N2O3/c13-12(14,15)6-5-9-16-10(17-20-9)7-1-3-8(4-2-7)11(18)19/h1-4H,5-6H2,(H,18,19). The van der Waals surface area contributed by atoms with Crippen LogP contribution in [0.2, 0.25) is 0 Å². The lowest BCUT2D eigenvalue weighted by atomic mass is 10.1. The zero-order valence-corrected chi connectivity index (χ0v) is 10.0. The van der Waals surface area contributed by atoms with Crippen LogP contribution in [0.25, 0.3) is 11.4 Å². The van der Waals surface area contributed by atoms with Crippen molar-refractivity contribution in [2.75, 3.05) is 0 Å². The van der Waals surface area contributed by atoms with Crippen molar-refractivity contribution < 1.29 is 27.6 Å². The van der Waals surface area contributed by atoms with Crippen molar-refractivity contribution >= 4 is 5.97 Å². The number of hydrogen-bond donors (Lipinski definition) is 1. The molecular weight excluding hydrogens is 277 g/mol. The van der Waals surface area contributed by atoms with Gasteiger partial charge in [0, 0.05) is 12.0 Å². The lowest BCUT2D eigenvalue weighted by Gasteiger charge is -2.01. The Kier molecular flexibility index (Phi) is 3.73. The van der Waals surface area contributed by atoms with E-state index in [1.807, 2.05) is 0 Å². The topological polar surface area (TPSA) is 76.2 Å². The molecule has 0 spiro atoms. The molecule has 0 fully saturated rings. The lowest BCUT2D eigenvalue weighted by Crippen LogP contribution is -2.08. The second-order valence-corrected chi connectivity index (χ2v) is 4.01. The summed E-state index contributed by atoms with van der Waals surface area (Å²) in [6, 6.07) is 5.62. The van der Waals surface area contributed by atoms with Crippen LogP contribution in [-0.2, 0) is 6.42 Å². The van der Waals surface area contributed by atoms with Gasteiger partial charge in [0.1, 0.15) is 0 Å². The Hall–Kier alpha value is -2.38. The van der Waals surface area contributed by atoms with Crippen molar-refractivity contribution in [2.24, 2.45) is 0 Å². The highest BCUT2D eigenvalue weighted by molar-refractivity contribution is 5.88. The minimum absolute atomic E-state index is 0.0922. The van der Waals surface area contributed by atoms with Crippen LogP contribution in [0.3, 0.4) is 0 Å². The van der Waals surface area contributed by atoms with Crippen molar-refractivity contribution in [1.82, 2.24) is 10.1 Å². The molecule has 0 radical (unpaired) electrons. The molecule has 8 heteroatoms. The third kappa shape index (κ3) is 3.56. The van der Waals surface area contributed by atoms with Crippen LogP contribution in [0.15, 0.2) is 28.8 Å². The van der Waals surface area contributed by atoms with Crippen molar-refractivity contribution in [1.29, 1.82) is 0 Å². The SMILES string of the molecule is O=C(O)c1ccc(-c2noc(CCC(F)(F)F)n2)cc1. The molecule has 0 atom stereocenters. The van der Waals surface area contributed by atoms with E-state index in [4.69, 9.17) is 9.63 Å². The smallest absolute Gasteiger partial charge is 0.389 e. The summed E-state index contributed by atoms with van der Waals surface area (Å²) in [5.41, 5.74) is 0.562. The summed E-state index contributed by atoms with van der Waals surface area (Å²) in [7, 11) is 0. The Morgan fingerprint density at radius 1 is 1.25 bits per heavy atom. The molecule has 2 aromatic rings. The summed E-state index contributed by atoms with van der Waals surface area (Å²) < 4.78 is 40.9. The number of rotatable bonds is 4. The molecule has 0 amide bonds. The van der Waals surface area contributed by atoms with Crippen molar-refractivity contribution in [3.63, 3.8) is 0 Å². The van der Waals surface area contributed by atoms with Crippen LogP contribution in [0.5, 0.6) is 0 Å². The van der Waals surface area contributed by atoms with Gasteiger partial charge in [-0.15, -0.1) is 0 Å². The lowest BCUT2D eigenvalue weighted by molar-refractivity contribution is -0.134. The molecule has 2 rings (SSSR count). The van der Waals surface area contributed by atoms with E-state index in [1.165, 1.54) is 24.3 Å². The third-order valence-corrected chi connectivity index (χ3v) is 2.48. The number of aryl methyl sites for hydroxylation is 1. The van der Waals surface area contributed by atoms with Gasteiger partial charge in [0.2, 0.25) is 11.7 Å². The van der Waals surface area contributed by atoms with Gasteiger partial charge in [-0.2, -0.15) is 18.2 Å². The predicted octanol–water partition coefficient (Wildman–Crippen LogP) is 2.93. The first kappa shape index (κ1) is 14.0. The number of carbonyl (C=O) groups is 1. The number of nitrogens with zero attached hydrogens (tertiary/aromatic N) is 2. The predicted molar refractivity (Wildman–Crippen MR) is 61.1 cm³/mol. The number of carboxylic acid groups (broad SMARTS) is 1. The summed E-state index contributed by atoms with van der Waals surface area (Å²) in [5.74, 6) is -1.06. The Bertz CT molecular complexity index is 605. The summed E-state index contributed by atoms with van der Waals surface area (Å²) in [6.07, 6.45) is -5.70. The van der Waals surface area contributed by atoms with Crippen molar-refractivity contribution in [3.05, 3.63) is 35.7 Å². The molecule has 0 saturated heterocycles. The van der Waals surface area contributed by atoms with Crippen molar-refractivity contribution in [2.45, 2.75) is 19.0 Å². The van der Waals surface area contributed by atoms with Gasteiger partial charge in [-0.1, -0.05) is 17.3 Å². The molecule has 1 aromatic heterocycles. The molecule has 0 aliphatic rings. The molecule has 20 heavy (non-hydrogen) atoms. The molecule has 0 saturated carbocycles. The van der Waals surface area contributed by atoms with Gasteiger partial charge in [0.25, 0.3) is 0 Å². The molecule has 0 aliphatic heterocycles. The fourth-order valence-electron chi connectivity index (χ4n) is 1.48. The zero-order chi connectivity index (χ0) is 14.8. The molecule has 5 nitrogen and oxygen atoms in total. The van der Waals surface area contributed by atoms with E-state index in [0.717, 1.165) is 0 Å². The molecule has 0 bridgehead atoms. The number of carboxylic acids is 1. The number of benzene rings is 1. The first-order valence-corrected chi connectivity index (χ1v) is 5.58. The number of hydrogen-bond acceptors (Lipinski definition) is 4. The number of aromatic carboxylic acids is 1. The Labute approximate surface area is 111 Å². The van der Waals surface area contributed by atoms with Gasteiger partial charge in [-0.3, -0.25) is 0 Å². The van der Waals surface area contributed by atoms with Gasteiger partial charge in [0.05, 0.1) is 12.0 Å². The van der Waals surface area contributed by atoms with Crippen LogP contribution < -0.4 is 0 Å². The van der Waals surface area contributed by atoms with E-state index in [2.05, 4.69) is 10.1 Å². The fourth-order valence-corrected chi connectivity index (χ4v) is 1.48. The van der Waals surface area contributed by atoms with Crippen LogP contribution in [0.1, 0.15) is 22.7 Å². The maximum atomic E-state index is 12.0. The second-order valence-electron chi connectivity index (χ2n) is 4.01. The van der Waals surface area contributed by atoms with E-state index < -0.39 is 18.6 Å². The Morgan fingerprint density at radius 2 is 1.90 bits per heavy atom. The number of alkyl halides is 3. The summed E-state index contributed by atoms with van der Waals surface area (Å²) >= 11 is 0. The Morgan fingerprint density at radius 3 is 2.45 bits per heavy atom. The largest absolute Gasteiger partial charge is 0.478 e. The minimum atomic E-state index is -4.28. The van der Waals surface area contributed by atoms with Gasteiger partial charge in [0.15, 0.2) is 0 Å². The Balaban J connectivity index is 2.10.